The van der Waals surface area contributed by atoms with Crippen molar-refractivity contribution in [2.75, 3.05) is 48.4 Å². The number of anilines is 3. The minimum atomic E-state index is -0.831. The summed E-state index contributed by atoms with van der Waals surface area (Å²) >= 11 is 0. The molecule has 0 aliphatic carbocycles. The normalized spacial score (nSPS) is 18.5. The van der Waals surface area contributed by atoms with E-state index in [1.165, 1.54) is 25.0 Å². The Kier molecular flexibility index (Phi) is 7.47. The highest BCUT2D eigenvalue weighted by molar-refractivity contribution is 5.90. The third kappa shape index (κ3) is 5.74. The van der Waals surface area contributed by atoms with Crippen molar-refractivity contribution in [3.63, 3.8) is 0 Å². The van der Waals surface area contributed by atoms with E-state index in [4.69, 9.17) is 9.47 Å². The van der Waals surface area contributed by atoms with Gasteiger partial charge in [0, 0.05) is 38.5 Å². The van der Waals surface area contributed by atoms with Crippen LogP contribution in [-0.2, 0) is 14.3 Å². The summed E-state index contributed by atoms with van der Waals surface area (Å²) in [6, 6.07) is 13.6. The fourth-order valence-corrected chi connectivity index (χ4v) is 4.49. The Bertz CT molecular complexity index is 1220. The number of carbonyl (C=O) groups excluding carboxylic acids is 3. The Hall–Kier alpha value is -4.33. The lowest BCUT2D eigenvalue weighted by atomic mass is 9.88. The quantitative estimate of drug-likeness (QED) is 0.546. The number of benzene rings is 2. The molecule has 2 aliphatic rings. The van der Waals surface area contributed by atoms with Gasteiger partial charge in [-0.05, 0) is 42.5 Å². The number of rotatable bonds is 7. The Balaban J connectivity index is 1.39. The molecule has 0 unspecified atom stereocenters. The first-order chi connectivity index (χ1) is 17.7. The van der Waals surface area contributed by atoms with Crippen LogP contribution in [0.3, 0.4) is 0 Å². The molecule has 2 aromatic carbocycles. The van der Waals surface area contributed by atoms with Crippen LogP contribution in [-0.4, -0.2) is 62.9 Å². The molecule has 2 amide bonds. The lowest BCUT2D eigenvalue weighted by Gasteiger charge is -2.39. The number of hydrogen-bond acceptors (Lipinski definition) is 8. The minimum absolute atomic E-state index is 0.190. The second-order valence-corrected chi connectivity index (χ2v) is 9.06. The maximum absolute atomic E-state index is 15.1. The highest BCUT2D eigenvalue weighted by Crippen LogP contribution is 2.33. The highest BCUT2D eigenvalue weighted by Gasteiger charge is 2.36. The molecule has 1 atom stereocenters. The molecule has 0 spiro atoms. The molecule has 4 rings (SSSR count). The van der Waals surface area contributed by atoms with Gasteiger partial charge in [0.15, 0.2) is 0 Å². The van der Waals surface area contributed by atoms with Gasteiger partial charge in [-0.2, -0.15) is 5.26 Å². The van der Waals surface area contributed by atoms with Gasteiger partial charge in [-0.25, -0.2) is 14.0 Å². The average Bonchev–Trinajstić information content (AvgIpc) is 3.28. The van der Waals surface area contributed by atoms with Gasteiger partial charge in [0.2, 0.25) is 5.91 Å². The number of carbonyl (C=O) groups is 3. The molecule has 11 heteroatoms. The number of nitrogens with zero attached hydrogens (tertiary/aromatic N) is 3. The van der Waals surface area contributed by atoms with E-state index in [-0.39, 0.29) is 19.0 Å². The van der Waals surface area contributed by atoms with Crippen molar-refractivity contribution in [1.82, 2.24) is 5.32 Å². The van der Waals surface area contributed by atoms with E-state index >= 15 is 4.39 Å². The number of esters is 1. The van der Waals surface area contributed by atoms with E-state index in [9.17, 15) is 19.6 Å². The summed E-state index contributed by atoms with van der Waals surface area (Å²) < 4.78 is 25.1. The SMILES string of the molecule is COC(=O)c1ccc(NC2(C#N)CCN(c3ccc(N4C[C@H](CNC(C)=O)OC4=O)cc3F)CC2)cc1. The summed E-state index contributed by atoms with van der Waals surface area (Å²) in [7, 11) is 1.31. The first kappa shape index (κ1) is 25.8. The molecule has 2 aliphatic heterocycles. The fourth-order valence-electron chi connectivity index (χ4n) is 4.49. The van der Waals surface area contributed by atoms with Crippen LogP contribution in [0.5, 0.6) is 0 Å². The molecule has 2 saturated heterocycles. The predicted octanol–water partition coefficient (Wildman–Crippen LogP) is 3.05. The molecule has 2 fully saturated rings. The van der Waals surface area contributed by atoms with Crippen molar-refractivity contribution in [2.24, 2.45) is 0 Å². The Labute approximate surface area is 213 Å². The number of piperidine rings is 1. The van der Waals surface area contributed by atoms with Gasteiger partial charge in [0.25, 0.3) is 0 Å². The number of halogens is 1. The zero-order valence-electron chi connectivity index (χ0n) is 20.6. The number of cyclic esters (lactones) is 1. The van der Waals surface area contributed by atoms with E-state index < -0.39 is 29.5 Å². The predicted molar refractivity (Wildman–Crippen MR) is 134 cm³/mol. The van der Waals surface area contributed by atoms with Crippen LogP contribution >= 0.6 is 0 Å². The Morgan fingerprint density at radius 1 is 1.22 bits per heavy atom. The number of nitriles is 1. The standard InChI is InChI=1S/C26H28FN5O5/c1-17(33)29-14-21-15-32(25(35)37-21)20-7-8-23(22(27)13-20)31-11-9-26(16-28,10-12-31)30-19-5-3-18(4-6-19)24(34)36-2/h3-8,13,21,30H,9-12,14-15H2,1-2H3,(H,29,33)/t21-/m0/s1. The second-order valence-electron chi connectivity index (χ2n) is 9.06. The second kappa shape index (κ2) is 10.7. The smallest absolute Gasteiger partial charge is 0.414 e. The first-order valence-corrected chi connectivity index (χ1v) is 11.9. The Morgan fingerprint density at radius 2 is 1.92 bits per heavy atom. The molecule has 0 saturated carbocycles. The topological polar surface area (TPSA) is 124 Å². The summed E-state index contributed by atoms with van der Waals surface area (Å²) in [5.41, 5.74) is 1.05. The van der Waals surface area contributed by atoms with Crippen molar-refractivity contribution in [2.45, 2.75) is 31.4 Å². The lowest BCUT2D eigenvalue weighted by molar-refractivity contribution is -0.119. The van der Waals surface area contributed by atoms with E-state index in [1.54, 1.807) is 36.4 Å². The van der Waals surface area contributed by atoms with E-state index in [0.717, 1.165) is 0 Å². The van der Waals surface area contributed by atoms with Crippen molar-refractivity contribution < 1.29 is 28.2 Å². The van der Waals surface area contributed by atoms with Gasteiger partial charge in [-0.1, -0.05) is 0 Å². The Morgan fingerprint density at radius 3 is 2.51 bits per heavy atom. The van der Waals surface area contributed by atoms with Crippen molar-refractivity contribution >= 4 is 35.0 Å². The lowest BCUT2D eigenvalue weighted by Crippen LogP contribution is -2.48. The number of nitrogens with one attached hydrogen (secondary N) is 2. The monoisotopic (exact) mass is 509 g/mol. The van der Waals surface area contributed by atoms with Crippen LogP contribution in [0.2, 0.25) is 0 Å². The molecule has 37 heavy (non-hydrogen) atoms. The van der Waals surface area contributed by atoms with Crippen molar-refractivity contribution in [3.8, 4) is 6.07 Å². The van der Waals surface area contributed by atoms with Crippen LogP contribution in [0.4, 0.5) is 26.2 Å². The van der Waals surface area contributed by atoms with Gasteiger partial charge in [-0.15, -0.1) is 0 Å². The van der Waals surface area contributed by atoms with Gasteiger partial charge in [0.1, 0.15) is 17.5 Å². The van der Waals surface area contributed by atoms with Crippen molar-refractivity contribution in [3.05, 3.63) is 53.8 Å². The number of ether oxygens (including phenoxy) is 2. The molecular weight excluding hydrogens is 481 g/mol. The fraction of sp³-hybridized carbons (Fsp3) is 0.385. The van der Waals surface area contributed by atoms with E-state index in [1.807, 2.05) is 4.90 Å². The first-order valence-electron chi connectivity index (χ1n) is 11.9. The summed E-state index contributed by atoms with van der Waals surface area (Å²) in [6.07, 6.45) is -0.200. The van der Waals surface area contributed by atoms with Gasteiger partial charge < -0.3 is 25.0 Å². The van der Waals surface area contributed by atoms with Crippen LogP contribution in [0, 0.1) is 17.1 Å². The molecule has 2 heterocycles. The van der Waals surface area contributed by atoms with Gasteiger partial charge in [0.05, 0.1) is 43.2 Å². The molecule has 2 aromatic rings. The number of hydrogen-bond donors (Lipinski definition) is 2. The zero-order chi connectivity index (χ0) is 26.6. The molecule has 0 radical (unpaired) electrons. The van der Waals surface area contributed by atoms with Crippen LogP contribution < -0.4 is 20.4 Å². The summed E-state index contributed by atoms with van der Waals surface area (Å²) in [5, 5.41) is 15.8. The molecule has 0 bridgehead atoms. The highest BCUT2D eigenvalue weighted by atomic mass is 19.1. The van der Waals surface area contributed by atoms with Crippen LogP contribution in [0.1, 0.15) is 30.1 Å². The van der Waals surface area contributed by atoms with E-state index in [2.05, 4.69) is 16.7 Å². The zero-order valence-corrected chi connectivity index (χ0v) is 20.6. The summed E-state index contributed by atoms with van der Waals surface area (Å²) in [5.74, 6) is -1.14. The van der Waals surface area contributed by atoms with Crippen LogP contribution in [0.15, 0.2) is 42.5 Å². The maximum Gasteiger partial charge on any atom is 0.414 e. The van der Waals surface area contributed by atoms with E-state index in [0.29, 0.717) is 48.6 Å². The van der Waals surface area contributed by atoms with Crippen molar-refractivity contribution in [1.29, 1.82) is 5.26 Å². The largest absolute Gasteiger partial charge is 0.465 e. The van der Waals surface area contributed by atoms with Gasteiger partial charge in [-0.3, -0.25) is 9.69 Å². The number of amides is 2. The molecule has 10 nitrogen and oxygen atoms in total. The number of methoxy groups -OCH3 is 1. The third-order valence-electron chi connectivity index (χ3n) is 6.56. The molecule has 0 aromatic heterocycles. The molecule has 2 N–H and O–H groups in total. The maximum atomic E-state index is 15.1. The third-order valence-corrected chi connectivity index (χ3v) is 6.56. The summed E-state index contributed by atoms with van der Waals surface area (Å²) in [6.45, 7) is 2.67. The summed E-state index contributed by atoms with van der Waals surface area (Å²) in [4.78, 5) is 38.2. The molecular formula is C26H28FN5O5. The average molecular weight is 510 g/mol. The minimum Gasteiger partial charge on any atom is -0.465 e. The van der Waals surface area contributed by atoms with Crippen LogP contribution in [0.25, 0.3) is 0 Å². The molecule has 194 valence electrons. The van der Waals surface area contributed by atoms with Gasteiger partial charge >= 0.3 is 12.1 Å².